The lowest BCUT2D eigenvalue weighted by Gasteiger charge is -2.08. The van der Waals surface area contributed by atoms with Crippen LogP contribution in [0, 0.1) is 0 Å². The number of nitrogens with two attached hydrogens (primary N) is 2. The molecule has 0 saturated carbocycles. The Hall–Kier alpha value is -2.20. The van der Waals surface area contributed by atoms with Gasteiger partial charge in [0, 0.05) is 22.0 Å². The van der Waals surface area contributed by atoms with Gasteiger partial charge in [-0.2, -0.15) is 0 Å². The molecule has 2 aromatic rings. The third-order valence-electron chi connectivity index (χ3n) is 2.61. The van der Waals surface area contributed by atoms with Crippen molar-refractivity contribution in [2.45, 2.75) is 6.61 Å². The minimum Gasteiger partial charge on any atom is -0.457 e. The fourth-order valence-electron chi connectivity index (χ4n) is 1.60. The molecule has 0 spiro atoms. The largest absolute Gasteiger partial charge is 0.457 e. The van der Waals surface area contributed by atoms with Crippen LogP contribution < -0.4 is 11.5 Å². The first-order chi connectivity index (χ1) is 9.08. The van der Waals surface area contributed by atoms with Crippen molar-refractivity contribution in [3.05, 3.63) is 58.6 Å². The van der Waals surface area contributed by atoms with Crippen LogP contribution in [0.5, 0.6) is 0 Å². The molecule has 0 aliphatic heterocycles. The first-order valence-corrected chi connectivity index (χ1v) is 6.01. The van der Waals surface area contributed by atoms with E-state index in [0.29, 0.717) is 22.0 Å². The number of esters is 1. The van der Waals surface area contributed by atoms with E-state index in [1.165, 1.54) is 6.07 Å². The second-order valence-corrected chi connectivity index (χ2v) is 4.42. The van der Waals surface area contributed by atoms with Gasteiger partial charge in [-0.3, -0.25) is 0 Å². The molecule has 0 amide bonds. The Kier molecular flexibility index (Phi) is 3.92. The Bertz CT molecular complexity index is 614. The highest BCUT2D eigenvalue weighted by molar-refractivity contribution is 6.31. The van der Waals surface area contributed by atoms with Crippen molar-refractivity contribution in [2.75, 3.05) is 11.5 Å². The van der Waals surface area contributed by atoms with E-state index in [2.05, 4.69) is 0 Å². The lowest BCUT2D eigenvalue weighted by atomic mass is 10.1. The molecule has 5 heteroatoms. The minimum atomic E-state index is -0.502. The lowest BCUT2D eigenvalue weighted by Crippen LogP contribution is -2.08. The number of hydrogen-bond acceptors (Lipinski definition) is 4. The van der Waals surface area contributed by atoms with E-state index < -0.39 is 5.97 Å². The first-order valence-electron chi connectivity index (χ1n) is 5.63. The fraction of sp³-hybridized carbons (Fsp3) is 0.0714. The number of carbonyl (C=O) groups is 1. The molecule has 0 fully saturated rings. The molecular weight excluding hydrogens is 264 g/mol. The second kappa shape index (κ2) is 5.63. The van der Waals surface area contributed by atoms with Gasteiger partial charge in [0.15, 0.2) is 0 Å². The Morgan fingerprint density at radius 3 is 2.58 bits per heavy atom. The summed E-state index contributed by atoms with van der Waals surface area (Å²) >= 11 is 5.97. The molecule has 0 atom stereocenters. The molecule has 0 unspecified atom stereocenters. The van der Waals surface area contributed by atoms with Crippen LogP contribution >= 0.6 is 11.6 Å². The SMILES string of the molecule is Nc1ccc(C(=O)OCc2ccccc2Cl)c(N)c1. The van der Waals surface area contributed by atoms with E-state index in [-0.39, 0.29) is 6.61 Å². The minimum absolute atomic E-state index is 0.0995. The highest BCUT2D eigenvalue weighted by atomic mass is 35.5. The summed E-state index contributed by atoms with van der Waals surface area (Å²) in [7, 11) is 0. The lowest BCUT2D eigenvalue weighted by molar-refractivity contribution is 0.0474. The maximum absolute atomic E-state index is 11.9. The average Bonchev–Trinajstić information content (AvgIpc) is 2.37. The van der Waals surface area contributed by atoms with Gasteiger partial charge in [0.1, 0.15) is 6.61 Å². The van der Waals surface area contributed by atoms with E-state index >= 15 is 0 Å². The van der Waals surface area contributed by atoms with E-state index in [1.54, 1.807) is 24.3 Å². The molecule has 0 aliphatic rings. The summed E-state index contributed by atoms with van der Waals surface area (Å²) in [6.45, 7) is 0.0995. The smallest absolute Gasteiger partial charge is 0.340 e. The standard InChI is InChI=1S/C14H13ClN2O2/c15-12-4-2-1-3-9(12)8-19-14(18)11-6-5-10(16)7-13(11)17/h1-7H,8,16-17H2. The van der Waals surface area contributed by atoms with Gasteiger partial charge < -0.3 is 16.2 Å². The van der Waals surface area contributed by atoms with Crippen molar-refractivity contribution < 1.29 is 9.53 Å². The summed E-state index contributed by atoms with van der Waals surface area (Å²) in [6, 6.07) is 11.8. The Labute approximate surface area is 115 Å². The summed E-state index contributed by atoms with van der Waals surface area (Å²) in [5, 5.41) is 0.556. The van der Waals surface area contributed by atoms with E-state index in [4.69, 9.17) is 27.8 Å². The van der Waals surface area contributed by atoms with E-state index in [1.807, 2.05) is 12.1 Å². The molecule has 0 bridgehead atoms. The number of anilines is 2. The monoisotopic (exact) mass is 276 g/mol. The van der Waals surface area contributed by atoms with Gasteiger partial charge in [-0.25, -0.2) is 4.79 Å². The summed E-state index contributed by atoms with van der Waals surface area (Å²) in [5.41, 5.74) is 13.1. The van der Waals surface area contributed by atoms with E-state index in [0.717, 1.165) is 5.56 Å². The van der Waals surface area contributed by atoms with Crippen LogP contribution in [-0.2, 0) is 11.3 Å². The van der Waals surface area contributed by atoms with Crippen molar-refractivity contribution in [3.8, 4) is 0 Å². The molecule has 98 valence electrons. The predicted octanol–water partition coefficient (Wildman–Crippen LogP) is 2.86. The zero-order valence-corrected chi connectivity index (χ0v) is 10.9. The zero-order chi connectivity index (χ0) is 13.8. The molecule has 2 aromatic carbocycles. The Morgan fingerprint density at radius 1 is 1.16 bits per heavy atom. The van der Waals surface area contributed by atoms with Crippen LogP contribution in [0.15, 0.2) is 42.5 Å². The van der Waals surface area contributed by atoms with Gasteiger partial charge in [-0.15, -0.1) is 0 Å². The van der Waals surface area contributed by atoms with Crippen LogP contribution in [0.2, 0.25) is 5.02 Å². The predicted molar refractivity (Wildman–Crippen MR) is 75.8 cm³/mol. The highest BCUT2D eigenvalue weighted by Gasteiger charge is 2.12. The maximum Gasteiger partial charge on any atom is 0.340 e. The first kappa shape index (κ1) is 13.2. The third kappa shape index (κ3) is 3.17. The number of carbonyl (C=O) groups excluding carboxylic acids is 1. The van der Waals surface area contributed by atoms with Gasteiger partial charge in [0.25, 0.3) is 0 Å². The molecular formula is C14H13ClN2O2. The maximum atomic E-state index is 11.9. The molecule has 2 rings (SSSR count). The third-order valence-corrected chi connectivity index (χ3v) is 2.98. The molecule has 19 heavy (non-hydrogen) atoms. The number of nitrogen functional groups attached to an aromatic ring is 2. The van der Waals surface area contributed by atoms with Crippen molar-refractivity contribution in [3.63, 3.8) is 0 Å². The quantitative estimate of drug-likeness (QED) is 0.667. The Balaban J connectivity index is 2.08. The molecule has 0 saturated heterocycles. The summed E-state index contributed by atoms with van der Waals surface area (Å²) in [4.78, 5) is 11.9. The number of benzene rings is 2. The molecule has 4 N–H and O–H groups in total. The Morgan fingerprint density at radius 2 is 1.89 bits per heavy atom. The molecule has 0 radical (unpaired) electrons. The van der Waals surface area contributed by atoms with Gasteiger partial charge in [-0.1, -0.05) is 29.8 Å². The zero-order valence-electron chi connectivity index (χ0n) is 10.1. The highest BCUT2D eigenvalue weighted by Crippen LogP contribution is 2.19. The van der Waals surface area contributed by atoms with Gasteiger partial charge in [0.05, 0.1) is 5.56 Å². The second-order valence-electron chi connectivity index (χ2n) is 4.01. The summed E-state index contributed by atoms with van der Waals surface area (Å²) < 4.78 is 5.17. The summed E-state index contributed by atoms with van der Waals surface area (Å²) in [5.74, 6) is -0.502. The van der Waals surface area contributed by atoms with Crippen LogP contribution in [0.25, 0.3) is 0 Å². The average molecular weight is 277 g/mol. The molecule has 0 aliphatic carbocycles. The van der Waals surface area contributed by atoms with Gasteiger partial charge in [-0.05, 0) is 24.3 Å². The number of rotatable bonds is 3. The normalized spacial score (nSPS) is 10.2. The van der Waals surface area contributed by atoms with Crippen molar-refractivity contribution in [1.82, 2.24) is 0 Å². The van der Waals surface area contributed by atoms with Crippen molar-refractivity contribution in [1.29, 1.82) is 0 Å². The number of ether oxygens (including phenoxy) is 1. The summed E-state index contributed by atoms with van der Waals surface area (Å²) in [6.07, 6.45) is 0. The van der Waals surface area contributed by atoms with Crippen LogP contribution in [0.4, 0.5) is 11.4 Å². The van der Waals surface area contributed by atoms with Crippen LogP contribution in [-0.4, -0.2) is 5.97 Å². The molecule has 0 heterocycles. The van der Waals surface area contributed by atoms with Crippen molar-refractivity contribution >= 4 is 28.9 Å². The van der Waals surface area contributed by atoms with Crippen LogP contribution in [0.3, 0.4) is 0 Å². The topological polar surface area (TPSA) is 78.3 Å². The molecule has 4 nitrogen and oxygen atoms in total. The molecule has 0 aromatic heterocycles. The van der Waals surface area contributed by atoms with Gasteiger partial charge >= 0.3 is 5.97 Å². The van der Waals surface area contributed by atoms with Gasteiger partial charge in [0.2, 0.25) is 0 Å². The van der Waals surface area contributed by atoms with Crippen molar-refractivity contribution in [2.24, 2.45) is 0 Å². The van der Waals surface area contributed by atoms with E-state index in [9.17, 15) is 4.79 Å². The van der Waals surface area contributed by atoms with Crippen LogP contribution in [0.1, 0.15) is 15.9 Å². The number of halogens is 1. The number of hydrogen-bond donors (Lipinski definition) is 2. The fourth-order valence-corrected chi connectivity index (χ4v) is 1.79.